The highest BCUT2D eigenvalue weighted by atomic mass is 19.1. The van der Waals surface area contributed by atoms with Gasteiger partial charge in [-0.1, -0.05) is 5.16 Å². The quantitative estimate of drug-likeness (QED) is 0.877. The lowest BCUT2D eigenvalue weighted by molar-refractivity contribution is 0.124. The molecule has 3 rings (SSSR count). The zero-order valence-corrected chi connectivity index (χ0v) is 11.1. The van der Waals surface area contributed by atoms with Crippen LogP contribution in [0.4, 0.5) is 13.6 Å². The van der Waals surface area contributed by atoms with Crippen LogP contribution in [0.25, 0.3) is 11.3 Å². The number of hydrogen-bond donors (Lipinski definition) is 1. The highest BCUT2D eigenvalue weighted by Crippen LogP contribution is 2.38. The molecule has 21 heavy (non-hydrogen) atoms. The van der Waals surface area contributed by atoms with Crippen molar-refractivity contribution < 1.29 is 23.2 Å². The minimum absolute atomic E-state index is 0.0734. The highest BCUT2D eigenvalue weighted by Gasteiger charge is 2.34. The van der Waals surface area contributed by atoms with E-state index in [0.717, 1.165) is 12.1 Å². The van der Waals surface area contributed by atoms with Gasteiger partial charge in [-0.05, 0) is 19.1 Å². The van der Waals surface area contributed by atoms with Crippen LogP contribution in [0.2, 0.25) is 0 Å². The molecule has 1 N–H and O–H groups in total. The molecule has 0 saturated carbocycles. The number of amides is 1. The van der Waals surface area contributed by atoms with Crippen LogP contribution >= 0.6 is 0 Å². The van der Waals surface area contributed by atoms with Crippen LogP contribution < -0.4 is 0 Å². The first-order chi connectivity index (χ1) is 9.99. The molecule has 1 amide bonds. The van der Waals surface area contributed by atoms with Crippen molar-refractivity contribution in [3.05, 3.63) is 41.1 Å². The molecule has 0 fully saturated rings. The molecular weight excluding hydrogens is 282 g/mol. The summed E-state index contributed by atoms with van der Waals surface area (Å²) in [6.07, 6.45) is -0.655. The average molecular weight is 294 g/mol. The lowest BCUT2D eigenvalue weighted by Crippen LogP contribution is -2.37. The van der Waals surface area contributed by atoms with Crippen molar-refractivity contribution in [2.75, 3.05) is 6.54 Å². The Morgan fingerprint density at radius 1 is 1.48 bits per heavy atom. The van der Waals surface area contributed by atoms with E-state index in [2.05, 4.69) is 5.16 Å². The molecule has 2 aromatic rings. The Labute approximate surface area is 118 Å². The molecular formula is C14H12F2N2O3. The Kier molecular flexibility index (Phi) is 3.12. The molecule has 110 valence electrons. The van der Waals surface area contributed by atoms with Gasteiger partial charge in [-0.15, -0.1) is 0 Å². The average Bonchev–Trinajstić information content (AvgIpc) is 2.83. The van der Waals surface area contributed by atoms with Crippen LogP contribution in [-0.2, 0) is 6.42 Å². The van der Waals surface area contributed by atoms with Gasteiger partial charge in [0.2, 0.25) is 0 Å². The van der Waals surface area contributed by atoms with Crippen molar-refractivity contribution in [1.82, 2.24) is 10.1 Å². The van der Waals surface area contributed by atoms with E-state index in [1.807, 2.05) is 0 Å². The van der Waals surface area contributed by atoms with Crippen LogP contribution in [0.15, 0.2) is 22.7 Å². The second kappa shape index (κ2) is 4.83. The number of nitrogens with zero attached hydrogens (tertiary/aromatic N) is 2. The second-order valence-corrected chi connectivity index (χ2v) is 4.90. The molecule has 0 radical (unpaired) electrons. The molecule has 0 saturated heterocycles. The third kappa shape index (κ3) is 2.14. The maximum Gasteiger partial charge on any atom is 0.407 e. The number of hydrogen-bond acceptors (Lipinski definition) is 3. The third-order valence-corrected chi connectivity index (χ3v) is 3.70. The number of benzene rings is 1. The first-order valence-electron chi connectivity index (χ1n) is 6.42. The Bertz CT molecular complexity index is 714. The van der Waals surface area contributed by atoms with Crippen molar-refractivity contribution in [2.24, 2.45) is 0 Å². The smallest absolute Gasteiger partial charge is 0.407 e. The lowest BCUT2D eigenvalue weighted by atomic mass is 9.95. The summed E-state index contributed by atoms with van der Waals surface area (Å²) in [5.74, 6) is -1.31. The van der Waals surface area contributed by atoms with Crippen LogP contribution in [0.3, 0.4) is 0 Å². The normalized spacial score (nSPS) is 17.7. The fraction of sp³-hybridized carbons (Fsp3) is 0.286. The number of aromatic nitrogens is 1. The van der Waals surface area contributed by atoms with Crippen molar-refractivity contribution in [1.29, 1.82) is 0 Å². The first kappa shape index (κ1) is 13.5. The summed E-state index contributed by atoms with van der Waals surface area (Å²) < 4.78 is 32.1. The van der Waals surface area contributed by atoms with E-state index >= 15 is 0 Å². The molecule has 0 spiro atoms. The van der Waals surface area contributed by atoms with Crippen LogP contribution in [-0.4, -0.2) is 27.8 Å². The summed E-state index contributed by atoms with van der Waals surface area (Å²) in [5, 5.41) is 13.1. The van der Waals surface area contributed by atoms with Crippen LogP contribution in [0, 0.1) is 11.6 Å². The summed E-state index contributed by atoms with van der Waals surface area (Å²) in [4.78, 5) is 12.4. The van der Waals surface area contributed by atoms with E-state index in [4.69, 9.17) is 4.52 Å². The van der Waals surface area contributed by atoms with E-state index in [-0.39, 0.29) is 11.3 Å². The Morgan fingerprint density at radius 2 is 2.24 bits per heavy atom. The molecule has 1 aliphatic heterocycles. The van der Waals surface area contributed by atoms with Crippen molar-refractivity contribution in [3.63, 3.8) is 0 Å². The fourth-order valence-corrected chi connectivity index (χ4v) is 2.65. The number of carboxylic acid groups (broad SMARTS) is 1. The molecule has 1 aromatic heterocycles. The zero-order valence-electron chi connectivity index (χ0n) is 11.1. The van der Waals surface area contributed by atoms with Gasteiger partial charge in [0.15, 0.2) is 5.76 Å². The molecule has 0 bridgehead atoms. The number of halogens is 2. The summed E-state index contributed by atoms with van der Waals surface area (Å²) in [7, 11) is 0. The van der Waals surface area contributed by atoms with E-state index in [9.17, 15) is 18.7 Å². The molecule has 5 nitrogen and oxygen atoms in total. The molecule has 0 aliphatic carbocycles. The van der Waals surface area contributed by atoms with Gasteiger partial charge >= 0.3 is 6.09 Å². The Balaban J connectivity index is 2.11. The fourth-order valence-electron chi connectivity index (χ4n) is 2.65. The van der Waals surface area contributed by atoms with Gasteiger partial charge in [0, 0.05) is 24.6 Å². The van der Waals surface area contributed by atoms with E-state index in [1.54, 1.807) is 6.92 Å². The molecule has 1 atom stereocenters. The highest BCUT2D eigenvalue weighted by molar-refractivity contribution is 5.69. The van der Waals surface area contributed by atoms with Crippen molar-refractivity contribution in [3.8, 4) is 11.3 Å². The van der Waals surface area contributed by atoms with Gasteiger partial charge in [-0.2, -0.15) is 0 Å². The van der Waals surface area contributed by atoms with Gasteiger partial charge in [0.05, 0.1) is 17.3 Å². The van der Waals surface area contributed by atoms with Gasteiger partial charge in [-0.3, -0.25) is 0 Å². The van der Waals surface area contributed by atoms with E-state index in [1.165, 1.54) is 11.0 Å². The van der Waals surface area contributed by atoms with Crippen LogP contribution in [0.1, 0.15) is 24.2 Å². The predicted molar refractivity (Wildman–Crippen MR) is 68.7 cm³/mol. The summed E-state index contributed by atoms with van der Waals surface area (Å²) in [6, 6.07) is 2.64. The molecule has 1 aliphatic rings. The van der Waals surface area contributed by atoms with E-state index < -0.39 is 23.8 Å². The zero-order chi connectivity index (χ0) is 15.1. The first-order valence-corrected chi connectivity index (χ1v) is 6.42. The summed E-state index contributed by atoms with van der Waals surface area (Å²) >= 11 is 0. The van der Waals surface area contributed by atoms with Crippen molar-refractivity contribution in [2.45, 2.75) is 19.4 Å². The monoisotopic (exact) mass is 294 g/mol. The Morgan fingerprint density at radius 3 is 2.90 bits per heavy atom. The Hall–Kier alpha value is -2.44. The molecule has 1 unspecified atom stereocenters. The van der Waals surface area contributed by atoms with E-state index in [0.29, 0.717) is 24.2 Å². The molecule has 7 heteroatoms. The maximum absolute atomic E-state index is 13.9. The maximum atomic E-state index is 13.9. The van der Waals surface area contributed by atoms with Crippen LogP contribution in [0.5, 0.6) is 0 Å². The number of rotatable bonds is 1. The predicted octanol–water partition coefficient (Wildman–Crippen LogP) is 3.22. The number of carbonyl (C=O) groups is 1. The lowest BCUT2D eigenvalue weighted by Gasteiger charge is -2.30. The molecule has 2 heterocycles. The molecule has 1 aromatic carbocycles. The van der Waals surface area contributed by atoms with Gasteiger partial charge in [-0.25, -0.2) is 13.6 Å². The third-order valence-electron chi connectivity index (χ3n) is 3.70. The minimum atomic E-state index is -1.06. The largest absolute Gasteiger partial charge is 0.465 e. The standard InChI is InChI=1S/C14H12F2N2O3/c1-7-12-11(4-5-18(7)14(19)20)17-21-13(12)9-3-2-8(15)6-10(9)16/h2-3,6-7H,4-5H2,1H3,(H,19,20). The van der Waals surface area contributed by atoms with Gasteiger partial charge < -0.3 is 14.5 Å². The summed E-state index contributed by atoms with van der Waals surface area (Å²) in [5.41, 5.74) is 1.22. The number of fused-ring (bicyclic) bond motifs is 1. The van der Waals surface area contributed by atoms with Crippen molar-refractivity contribution >= 4 is 6.09 Å². The summed E-state index contributed by atoms with van der Waals surface area (Å²) in [6.45, 7) is 2.00. The van der Waals surface area contributed by atoms with Gasteiger partial charge in [0.25, 0.3) is 0 Å². The van der Waals surface area contributed by atoms with Gasteiger partial charge in [0.1, 0.15) is 11.6 Å². The SMILES string of the molecule is CC1c2c(noc2-c2ccc(F)cc2F)CCN1C(=O)O. The minimum Gasteiger partial charge on any atom is -0.465 e. The second-order valence-electron chi connectivity index (χ2n) is 4.90. The topological polar surface area (TPSA) is 66.6 Å².